The number of carbonyl (C=O) groups is 1. The molecule has 6 nitrogen and oxygen atoms in total. The van der Waals surface area contributed by atoms with E-state index in [1.807, 2.05) is 24.3 Å². The summed E-state index contributed by atoms with van der Waals surface area (Å²) in [6, 6.07) is 7.78. The fourth-order valence-corrected chi connectivity index (χ4v) is 1.70. The van der Waals surface area contributed by atoms with E-state index in [0.717, 1.165) is 24.0 Å². The van der Waals surface area contributed by atoms with Crippen molar-refractivity contribution in [2.75, 3.05) is 0 Å². The Hall–Kier alpha value is -1.92. The smallest absolute Gasteiger partial charge is 0.316 e. The normalized spacial score (nSPS) is 13.7. The van der Waals surface area contributed by atoms with Crippen LogP contribution in [0.25, 0.3) is 11.4 Å². The second-order valence-corrected chi connectivity index (χ2v) is 4.57. The van der Waals surface area contributed by atoms with Crippen molar-refractivity contribution >= 4 is 18.3 Å². The van der Waals surface area contributed by atoms with Crippen LogP contribution >= 0.6 is 12.4 Å². The molecule has 3 N–H and O–H groups in total. The first-order valence-electron chi connectivity index (χ1n) is 6.20. The molecule has 0 radical (unpaired) electrons. The first-order chi connectivity index (χ1) is 9.26. The number of rotatable bonds is 4. The molecule has 0 saturated heterocycles. The van der Waals surface area contributed by atoms with Gasteiger partial charge in [0.05, 0.1) is 0 Å². The highest BCUT2D eigenvalue weighted by Crippen LogP contribution is 2.20. The van der Waals surface area contributed by atoms with Gasteiger partial charge in [-0.25, -0.2) is 0 Å². The number of carbonyl (C=O) groups excluding carboxylic acids is 1. The fourth-order valence-electron chi connectivity index (χ4n) is 1.70. The van der Waals surface area contributed by atoms with E-state index in [2.05, 4.69) is 15.5 Å². The van der Waals surface area contributed by atoms with Crippen molar-refractivity contribution in [2.24, 2.45) is 5.73 Å². The van der Waals surface area contributed by atoms with Crippen LogP contribution in [0.15, 0.2) is 28.8 Å². The van der Waals surface area contributed by atoms with Crippen LogP contribution in [0.5, 0.6) is 0 Å². The number of benzene rings is 1. The number of halogens is 1. The van der Waals surface area contributed by atoms with Crippen LogP contribution in [0, 0.1) is 0 Å². The second kappa shape index (κ2) is 6.02. The van der Waals surface area contributed by atoms with E-state index >= 15 is 0 Å². The van der Waals surface area contributed by atoms with Crippen molar-refractivity contribution in [3.63, 3.8) is 0 Å². The summed E-state index contributed by atoms with van der Waals surface area (Å²) in [6.07, 6.45) is 2.04. The monoisotopic (exact) mass is 294 g/mol. The van der Waals surface area contributed by atoms with E-state index in [4.69, 9.17) is 10.3 Å². The SMILES string of the molecule is Cl.NCc1ccc(-c2noc(C(=O)NC3CC3)n2)cc1. The van der Waals surface area contributed by atoms with E-state index < -0.39 is 0 Å². The fraction of sp³-hybridized carbons (Fsp3) is 0.308. The predicted molar refractivity (Wildman–Crippen MR) is 75.4 cm³/mol. The first kappa shape index (κ1) is 14.5. The summed E-state index contributed by atoms with van der Waals surface area (Å²) in [5.41, 5.74) is 7.36. The molecule has 0 spiro atoms. The van der Waals surface area contributed by atoms with Gasteiger partial charge in [0.15, 0.2) is 0 Å². The molecule has 1 saturated carbocycles. The zero-order valence-corrected chi connectivity index (χ0v) is 11.5. The van der Waals surface area contributed by atoms with Crippen molar-refractivity contribution in [3.8, 4) is 11.4 Å². The Kier molecular flexibility index (Phi) is 4.36. The lowest BCUT2D eigenvalue weighted by molar-refractivity contribution is 0.0907. The number of aromatic nitrogens is 2. The highest BCUT2D eigenvalue weighted by atomic mass is 35.5. The Morgan fingerprint density at radius 2 is 2.05 bits per heavy atom. The van der Waals surface area contributed by atoms with Gasteiger partial charge in [-0.05, 0) is 18.4 Å². The molecule has 1 aliphatic carbocycles. The minimum absolute atomic E-state index is 0. The maximum atomic E-state index is 11.7. The average Bonchev–Trinajstić information content (AvgIpc) is 3.11. The topological polar surface area (TPSA) is 94.0 Å². The van der Waals surface area contributed by atoms with Crippen LogP contribution < -0.4 is 11.1 Å². The molecular weight excluding hydrogens is 280 g/mol. The highest BCUT2D eigenvalue weighted by molar-refractivity contribution is 5.90. The van der Waals surface area contributed by atoms with E-state index in [9.17, 15) is 4.79 Å². The van der Waals surface area contributed by atoms with Crippen molar-refractivity contribution < 1.29 is 9.32 Å². The summed E-state index contributed by atoms with van der Waals surface area (Å²) in [4.78, 5) is 15.8. The Morgan fingerprint density at radius 1 is 1.35 bits per heavy atom. The molecule has 1 aliphatic rings. The quantitative estimate of drug-likeness (QED) is 0.891. The maximum absolute atomic E-state index is 11.7. The lowest BCUT2D eigenvalue weighted by Crippen LogP contribution is -2.25. The van der Waals surface area contributed by atoms with Gasteiger partial charge >= 0.3 is 11.8 Å². The number of nitrogens with one attached hydrogen (secondary N) is 1. The Bertz CT molecular complexity index is 593. The highest BCUT2D eigenvalue weighted by Gasteiger charge is 2.26. The van der Waals surface area contributed by atoms with Crippen molar-refractivity contribution in [2.45, 2.75) is 25.4 Å². The number of amides is 1. The number of hydrogen-bond donors (Lipinski definition) is 2. The van der Waals surface area contributed by atoms with Crippen LogP contribution in [0.2, 0.25) is 0 Å². The summed E-state index contributed by atoms with van der Waals surface area (Å²) in [7, 11) is 0. The van der Waals surface area contributed by atoms with Gasteiger partial charge in [0, 0.05) is 18.2 Å². The van der Waals surface area contributed by atoms with Gasteiger partial charge in [-0.3, -0.25) is 4.79 Å². The summed E-state index contributed by atoms with van der Waals surface area (Å²) in [6.45, 7) is 0.488. The molecule has 3 rings (SSSR count). The van der Waals surface area contributed by atoms with Crippen LogP contribution in [0.3, 0.4) is 0 Å². The van der Waals surface area contributed by atoms with Gasteiger partial charge in [0.1, 0.15) is 0 Å². The molecule has 7 heteroatoms. The zero-order valence-electron chi connectivity index (χ0n) is 10.7. The molecule has 2 aromatic rings. The van der Waals surface area contributed by atoms with Gasteiger partial charge in [0.2, 0.25) is 5.82 Å². The molecule has 20 heavy (non-hydrogen) atoms. The Morgan fingerprint density at radius 3 is 2.65 bits per heavy atom. The molecule has 0 unspecified atom stereocenters. The molecule has 0 bridgehead atoms. The van der Waals surface area contributed by atoms with Crippen LogP contribution in [0.4, 0.5) is 0 Å². The summed E-state index contributed by atoms with van der Waals surface area (Å²) in [5, 5.41) is 6.61. The number of nitrogens with zero attached hydrogens (tertiary/aromatic N) is 2. The summed E-state index contributed by atoms with van der Waals surface area (Å²) in [5.74, 6) is 0.106. The molecular formula is C13H15ClN4O2. The zero-order chi connectivity index (χ0) is 13.2. The Balaban J connectivity index is 0.00000147. The van der Waals surface area contributed by atoms with E-state index in [-0.39, 0.29) is 30.2 Å². The van der Waals surface area contributed by atoms with Gasteiger partial charge < -0.3 is 15.6 Å². The third-order valence-corrected chi connectivity index (χ3v) is 2.98. The third-order valence-electron chi connectivity index (χ3n) is 2.98. The van der Waals surface area contributed by atoms with Gasteiger partial charge in [-0.2, -0.15) is 4.98 Å². The standard InChI is InChI=1S/C13H14N4O2.ClH/c14-7-8-1-3-9(4-2-8)11-16-13(19-17-11)12(18)15-10-5-6-10;/h1-4,10H,5-7,14H2,(H,15,18);1H. The second-order valence-electron chi connectivity index (χ2n) is 4.57. The minimum atomic E-state index is -0.306. The summed E-state index contributed by atoms with van der Waals surface area (Å²) >= 11 is 0. The number of hydrogen-bond acceptors (Lipinski definition) is 5. The third kappa shape index (κ3) is 3.15. The molecule has 1 aromatic carbocycles. The van der Waals surface area contributed by atoms with Gasteiger partial charge in [-0.15, -0.1) is 12.4 Å². The molecule has 0 aliphatic heterocycles. The molecule has 0 atom stereocenters. The van der Waals surface area contributed by atoms with E-state index in [0.29, 0.717) is 12.4 Å². The molecule has 1 fully saturated rings. The van der Waals surface area contributed by atoms with Crippen LogP contribution in [-0.2, 0) is 6.54 Å². The molecule has 1 aromatic heterocycles. The van der Waals surface area contributed by atoms with E-state index in [1.54, 1.807) is 0 Å². The maximum Gasteiger partial charge on any atom is 0.316 e. The Labute approximate surface area is 122 Å². The average molecular weight is 295 g/mol. The molecule has 1 amide bonds. The van der Waals surface area contributed by atoms with E-state index in [1.165, 1.54) is 0 Å². The summed E-state index contributed by atoms with van der Waals surface area (Å²) < 4.78 is 4.97. The molecule has 106 valence electrons. The largest absolute Gasteiger partial charge is 0.345 e. The van der Waals surface area contributed by atoms with Crippen molar-refractivity contribution in [1.82, 2.24) is 15.5 Å². The molecule has 1 heterocycles. The van der Waals surface area contributed by atoms with Gasteiger partial charge in [0.25, 0.3) is 0 Å². The number of nitrogens with two attached hydrogens (primary N) is 1. The van der Waals surface area contributed by atoms with Crippen LogP contribution in [-0.4, -0.2) is 22.1 Å². The first-order valence-corrected chi connectivity index (χ1v) is 6.20. The van der Waals surface area contributed by atoms with Crippen molar-refractivity contribution in [3.05, 3.63) is 35.7 Å². The van der Waals surface area contributed by atoms with Gasteiger partial charge in [-0.1, -0.05) is 29.4 Å². The lowest BCUT2D eigenvalue weighted by Gasteiger charge is -1.97. The van der Waals surface area contributed by atoms with Crippen molar-refractivity contribution in [1.29, 1.82) is 0 Å². The minimum Gasteiger partial charge on any atom is -0.345 e. The lowest BCUT2D eigenvalue weighted by atomic mass is 10.1. The predicted octanol–water partition coefficient (Wildman–Crippen LogP) is 1.51. The van der Waals surface area contributed by atoms with Crippen LogP contribution in [0.1, 0.15) is 29.1 Å².